The van der Waals surface area contributed by atoms with E-state index < -0.39 is 35.3 Å². The molecule has 180 valence electrons. The fraction of sp³-hybridized carbons (Fsp3) is 0.261. The van der Waals surface area contributed by atoms with E-state index in [9.17, 15) is 27.6 Å². The lowest BCUT2D eigenvalue weighted by atomic mass is 10.2. The van der Waals surface area contributed by atoms with Gasteiger partial charge in [-0.1, -0.05) is 12.1 Å². The van der Waals surface area contributed by atoms with Gasteiger partial charge in [0.1, 0.15) is 6.54 Å². The van der Waals surface area contributed by atoms with Gasteiger partial charge in [-0.15, -0.1) is 0 Å². The van der Waals surface area contributed by atoms with Crippen molar-refractivity contribution >= 4 is 40.6 Å². The Morgan fingerprint density at radius 3 is 2.44 bits per heavy atom. The molecule has 0 bridgehead atoms. The summed E-state index contributed by atoms with van der Waals surface area (Å²) in [4.78, 5) is 38.2. The number of nitrogens with zero attached hydrogens (tertiary/aromatic N) is 1. The average Bonchev–Trinajstić information content (AvgIpc) is 3.02. The molecule has 0 spiro atoms. The molecule has 1 saturated heterocycles. The fourth-order valence-corrected chi connectivity index (χ4v) is 3.90. The fourth-order valence-electron chi connectivity index (χ4n) is 3.06. The number of hydrogen-bond acceptors (Lipinski definition) is 6. The first-order valence-corrected chi connectivity index (χ1v) is 11.1. The number of amides is 3. The van der Waals surface area contributed by atoms with Crippen LogP contribution in [-0.4, -0.2) is 41.7 Å². The molecule has 7 nitrogen and oxygen atoms in total. The van der Waals surface area contributed by atoms with Crippen LogP contribution in [0.15, 0.2) is 47.4 Å². The predicted molar refractivity (Wildman–Crippen MR) is 122 cm³/mol. The maximum Gasteiger partial charge on any atom is 0.416 e. The van der Waals surface area contributed by atoms with Crippen molar-refractivity contribution in [3.8, 4) is 11.5 Å². The number of thioether (sulfide) groups is 1. The van der Waals surface area contributed by atoms with Gasteiger partial charge < -0.3 is 14.8 Å². The van der Waals surface area contributed by atoms with E-state index in [1.54, 1.807) is 18.2 Å². The Kier molecular flexibility index (Phi) is 7.87. The highest BCUT2D eigenvalue weighted by atomic mass is 32.2. The third kappa shape index (κ3) is 6.10. The van der Waals surface area contributed by atoms with Crippen LogP contribution in [0.25, 0.3) is 6.08 Å². The lowest BCUT2D eigenvalue weighted by Crippen LogP contribution is -2.36. The standard InChI is InChI=1S/C23H21F3N2O5S/c1-3-32-17-9-8-14(10-18(17)33-4-2)11-19-21(30)28(22(31)34-19)13-20(29)27-16-7-5-6-15(12-16)23(24,25)26/h5-12H,3-4,13H2,1-2H3,(H,27,29)/b19-11-. The van der Waals surface area contributed by atoms with Crippen LogP contribution < -0.4 is 14.8 Å². The van der Waals surface area contributed by atoms with Gasteiger partial charge in [0.15, 0.2) is 11.5 Å². The monoisotopic (exact) mass is 494 g/mol. The molecule has 0 aromatic heterocycles. The Hall–Kier alpha value is -3.47. The van der Waals surface area contributed by atoms with E-state index in [1.807, 2.05) is 13.8 Å². The molecule has 2 aromatic rings. The van der Waals surface area contributed by atoms with Gasteiger partial charge in [-0.25, -0.2) is 0 Å². The number of nitrogens with one attached hydrogen (secondary N) is 1. The van der Waals surface area contributed by atoms with Crippen LogP contribution in [0.4, 0.5) is 23.7 Å². The van der Waals surface area contributed by atoms with E-state index in [-0.39, 0.29) is 10.6 Å². The summed E-state index contributed by atoms with van der Waals surface area (Å²) in [7, 11) is 0. The quantitative estimate of drug-likeness (QED) is 0.509. The molecule has 3 rings (SSSR count). The second-order valence-electron chi connectivity index (χ2n) is 6.97. The van der Waals surface area contributed by atoms with Gasteiger partial charge in [-0.3, -0.25) is 19.3 Å². The molecule has 0 aliphatic carbocycles. The number of hydrogen-bond donors (Lipinski definition) is 1. The topological polar surface area (TPSA) is 84.9 Å². The highest BCUT2D eigenvalue weighted by molar-refractivity contribution is 8.18. The zero-order chi connectivity index (χ0) is 24.9. The largest absolute Gasteiger partial charge is 0.490 e. The molecule has 0 radical (unpaired) electrons. The minimum absolute atomic E-state index is 0.0971. The van der Waals surface area contributed by atoms with Crippen molar-refractivity contribution in [2.45, 2.75) is 20.0 Å². The lowest BCUT2D eigenvalue weighted by Gasteiger charge is -2.13. The second-order valence-corrected chi connectivity index (χ2v) is 7.96. The first-order valence-electron chi connectivity index (χ1n) is 10.2. The summed E-state index contributed by atoms with van der Waals surface area (Å²) in [5.41, 5.74) is -0.438. The Bertz CT molecular complexity index is 1130. The minimum Gasteiger partial charge on any atom is -0.490 e. The number of carbonyl (C=O) groups is 3. The van der Waals surface area contributed by atoms with E-state index in [4.69, 9.17) is 9.47 Å². The van der Waals surface area contributed by atoms with E-state index in [1.165, 1.54) is 12.1 Å². The number of carbonyl (C=O) groups excluding carboxylic acids is 3. The number of anilines is 1. The van der Waals surface area contributed by atoms with Crippen molar-refractivity contribution in [1.82, 2.24) is 4.90 Å². The summed E-state index contributed by atoms with van der Waals surface area (Å²) < 4.78 is 49.6. The van der Waals surface area contributed by atoms with E-state index in [2.05, 4.69) is 5.32 Å². The number of rotatable bonds is 8. The van der Waals surface area contributed by atoms with Gasteiger partial charge >= 0.3 is 6.18 Å². The summed E-state index contributed by atoms with van der Waals surface area (Å²) in [6.45, 7) is 3.87. The smallest absolute Gasteiger partial charge is 0.416 e. The van der Waals surface area contributed by atoms with Gasteiger partial charge in [0.25, 0.3) is 11.1 Å². The molecule has 0 atom stereocenters. The maximum atomic E-state index is 12.9. The highest BCUT2D eigenvalue weighted by Crippen LogP contribution is 2.35. The SMILES string of the molecule is CCOc1ccc(/C=C2\SC(=O)N(CC(=O)Nc3cccc(C(F)(F)F)c3)C2=O)cc1OCC. The van der Waals surface area contributed by atoms with Crippen LogP contribution in [0.3, 0.4) is 0 Å². The third-order valence-electron chi connectivity index (χ3n) is 4.51. The lowest BCUT2D eigenvalue weighted by molar-refractivity contribution is -0.137. The third-order valence-corrected chi connectivity index (χ3v) is 5.42. The molecule has 11 heteroatoms. The average molecular weight is 494 g/mol. The Labute approximate surface area is 197 Å². The number of halogens is 3. The van der Waals surface area contributed by atoms with Crippen LogP contribution in [0, 0.1) is 0 Å². The molecule has 1 N–H and O–H groups in total. The molecule has 2 aromatic carbocycles. The highest BCUT2D eigenvalue weighted by Gasteiger charge is 2.36. The van der Waals surface area contributed by atoms with Crippen molar-refractivity contribution in [2.24, 2.45) is 0 Å². The van der Waals surface area contributed by atoms with Crippen LogP contribution >= 0.6 is 11.8 Å². The summed E-state index contributed by atoms with van der Waals surface area (Å²) in [6, 6.07) is 9.12. The summed E-state index contributed by atoms with van der Waals surface area (Å²) in [5, 5.41) is 1.62. The number of ether oxygens (including phenoxy) is 2. The van der Waals surface area contributed by atoms with Gasteiger partial charge in [0, 0.05) is 5.69 Å². The predicted octanol–water partition coefficient (Wildman–Crippen LogP) is 5.18. The van der Waals surface area contributed by atoms with Crippen LogP contribution in [-0.2, 0) is 15.8 Å². The minimum atomic E-state index is -4.57. The summed E-state index contributed by atoms with van der Waals surface area (Å²) in [6.07, 6.45) is -3.07. The first kappa shape index (κ1) is 25.2. The van der Waals surface area contributed by atoms with Crippen molar-refractivity contribution in [2.75, 3.05) is 25.1 Å². The maximum absolute atomic E-state index is 12.9. The molecule has 34 heavy (non-hydrogen) atoms. The number of alkyl halides is 3. The van der Waals surface area contributed by atoms with Gasteiger partial charge in [0.2, 0.25) is 5.91 Å². The van der Waals surface area contributed by atoms with Crippen molar-refractivity contribution in [3.63, 3.8) is 0 Å². The van der Waals surface area contributed by atoms with E-state index in [0.29, 0.717) is 42.0 Å². The van der Waals surface area contributed by atoms with E-state index >= 15 is 0 Å². The van der Waals surface area contributed by atoms with Crippen LogP contribution in [0.5, 0.6) is 11.5 Å². The second kappa shape index (κ2) is 10.6. The van der Waals surface area contributed by atoms with Crippen LogP contribution in [0.1, 0.15) is 25.0 Å². The number of imide groups is 1. The van der Waals surface area contributed by atoms with Gasteiger partial charge in [0.05, 0.1) is 23.7 Å². The first-order chi connectivity index (χ1) is 16.1. The number of benzene rings is 2. The Balaban J connectivity index is 1.72. The Morgan fingerprint density at radius 2 is 1.76 bits per heavy atom. The molecule has 0 saturated carbocycles. The summed E-state index contributed by atoms with van der Waals surface area (Å²) >= 11 is 0.662. The molecule has 1 heterocycles. The zero-order valence-electron chi connectivity index (χ0n) is 18.3. The molecule has 1 aliphatic heterocycles. The molecular weight excluding hydrogens is 473 g/mol. The molecular formula is C23H21F3N2O5S. The van der Waals surface area contributed by atoms with E-state index in [0.717, 1.165) is 23.1 Å². The Morgan fingerprint density at radius 1 is 1.06 bits per heavy atom. The molecule has 1 fully saturated rings. The van der Waals surface area contributed by atoms with Crippen molar-refractivity contribution in [1.29, 1.82) is 0 Å². The normalized spacial score (nSPS) is 15.1. The van der Waals surface area contributed by atoms with Gasteiger partial charge in [-0.05, 0) is 67.6 Å². The molecule has 0 unspecified atom stereocenters. The zero-order valence-corrected chi connectivity index (χ0v) is 19.1. The van der Waals surface area contributed by atoms with Crippen molar-refractivity contribution in [3.05, 3.63) is 58.5 Å². The van der Waals surface area contributed by atoms with Crippen LogP contribution in [0.2, 0.25) is 0 Å². The summed E-state index contributed by atoms with van der Waals surface area (Å²) in [5.74, 6) is -0.456. The van der Waals surface area contributed by atoms with Crippen molar-refractivity contribution < 1.29 is 37.0 Å². The van der Waals surface area contributed by atoms with Gasteiger partial charge in [-0.2, -0.15) is 13.2 Å². The molecule has 3 amide bonds. The molecule has 1 aliphatic rings.